The van der Waals surface area contributed by atoms with E-state index in [1.54, 1.807) is 4.57 Å². The Hall–Kier alpha value is -2.16. The van der Waals surface area contributed by atoms with Crippen LogP contribution in [-0.2, 0) is 24.2 Å². The van der Waals surface area contributed by atoms with Crippen LogP contribution in [0.4, 0.5) is 8.78 Å². The van der Waals surface area contributed by atoms with Gasteiger partial charge in [-0.2, -0.15) is 4.91 Å². The number of benzene rings is 1. The minimum absolute atomic E-state index is 0.0324. The summed E-state index contributed by atoms with van der Waals surface area (Å²) in [7, 11) is 1.09. The number of imidazole rings is 1. The van der Waals surface area contributed by atoms with E-state index in [9.17, 15) is 18.5 Å². The standard InChI is InChI=1S/C17H18BrF2N3O3/c1-3-4-5-13-22-16(18)12(8-21-25)23(13)9-10-6-7-11(17(24)26-2)15(20)14(10)19/h6-7H,3-5,8-9H2,1-2H3. The predicted molar refractivity (Wildman–Crippen MR) is 94.8 cm³/mol. The molecule has 2 aromatic rings. The molecule has 0 amide bonds. The van der Waals surface area contributed by atoms with Gasteiger partial charge in [0.2, 0.25) is 0 Å². The molecule has 0 saturated carbocycles. The lowest BCUT2D eigenvalue weighted by molar-refractivity contribution is 0.0594. The van der Waals surface area contributed by atoms with Crippen LogP contribution in [0.1, 0.15) is 47.2 Å². The van der Waals surface area contributed by atoms with Crippen molar-refractivity contribution in [1.29, 1.82) is 0 Å². The second-order valence-corrected chi connectivity index (χ2v) is 6.39. The van der Waals surface area contributed by atoms with Crippen LogP contribution in [0.3, 0.4) is 0 Å². The molecule has 1 heterocycles. The number of halogens is 3. The zero-order valence-corrected chi connectivity index (χ0v) is 16.0. The normalized spacial score (nSPS) is 10.8. The van der Waals surface area contributed by atoms with Gasteiger partial charge >= 0.3 is 5.97 Å². The van der Waals surface area contributed by atoms with Crippen LogP contribution < -0.4 is 0 Å². The van der Waals surface area contributed by atoms with Gasteiger partial charge in [0, 0.05) is 12.0 Å². The summed E-state index contributed by atoms with van der Waals surface area (Å²) in [6, 6.07) is 2.50. The Morgan fingerprint density at radius 3 is 2.69 bits per heavy atom. The number of hydrogen-bond donors (Lipinski definition) is 0. The quantitative estimate of drug-likeness (QED) is 0.461. The summed E-state index contributed by atoms with van der Waals surface area (Å²) < 4.78 is 35.2. The summed E-state index contributed by atoms with van der Waals surface area (Å²) in [5.41, 5.74) is 0.0504. The number of nitroso groups, excluding NO2 is 1. The van der Waals surface area contributed by atoms with E-state index in [0.29, 0.717) is 22.5 Å². The maximum atomic E-state index is 14.4. The largest absolute Gasteiger partial charge is 0.465 e. The van der Waals surface area contributed by atoms with Crippen molar-refractivity contribution in [3.63, 3.8) is 0 Å². The monoisotopic (exact) mass is 429 g/mol. The van der Waals surface area contributed by atoms with Crippen LogP contribution >= 0.6 is 15.9 Å². The fourth-order valence-electron chi connectivity index (χ4n) is 2.58. The first-order valence-corrected chi connectivity index (χ1v) is 8.81. The highest BCUT2D eigenvalue weighted by molar-refractivity contribution is 9.10. The third-order valence-corrected chi connectivity index (χ3v) is 4.60. The molecule has 26 heavy (non-hydrogen) atoms. The number of carbonyl (C=O) groups excluding carboxylic acids is 1. The van der Waals surface area contributed by atoms with Crippen molar-refractivity contribution in [2.24, 2.45) is 5.18 Å². The lowest BCUT2D eigenvalue weighted by Crippen LogP contribution is -2.13. The highest BCUT2D eigenvalue weighted by Crippen LogP contribution is 2.24. The van der Waals surface area contributed by atoms with Gasteiger partial charge in [0.15, 0.2) is 11.6 Å². The Labute approximate surface area is 157 Å². The molecule has 1 aromatic carbocycles. The topological polar surface area (TPSA) is 73.5 Å². The summed E-state index contributed by atoms with van der Waals surface area (Å²) in [5, 5.41) is 2.88. The number of ether oxygens (including phenoxy) is 1. The van der Waals surface area contributed by atoms with Crippen molar-refractivity contribution in [2.75, 3.05) is 7.11 Å². The molecule has 0 N–H and O–H groups in total. The molecule has 0 unspecified atom stereocenters. The van der Waals surface area contributed by atoms with Crippen LogP contribution in [0.15, 0.2) is 21.9 Å². The average Bonchev–Trinajstić information content (AvgIpc) is 2.92. The lowest BCUT2D eigenvalue weighted by Gasteiger charge is -2.13. The maximum absolute atomic E-state index is 14.4. The van der Waals surface area contributed by atoms with Gasteiger partial charge in [0.25, 0.3) is 0 Å². The molecular weight excluding hydrogens is 412 g/mol. The third kappa shape index (κ3) is 4.14. The molecule has 9 heteroatoms. The SMILES string of the molecule is CCCCc1nc(Br)c(CN=O)n1Cc1ccc(C(=O)OC)c(F)c1F. The van der Waals surface area contributed by atoms with Crippen LogP contribution in [-0.4, -0.2) is 22.6 Å². The molecule has 1 aromatic heterocycles. The Kier molecular flexibility index (Phi) is 6.96. The van der Waals surface area contributed by atoms with Crippen LogP contribution in [0.5, 0.6) is 0 Å². The first-order valence-electron chi connectivity index (χ1n) is 8.02. The van der Waals surface area contributed by atoms with Gasteiger partial charge in [0.1, 0.15) is 17.0 Å². The molecule has 6 nitrogen and oxygen atoms in total. The number of rotatable bonds is 8. The second-order valence-electron chi connectivity index (χ2n) is 5.63. The summed E-state index contributed by atoms with van der Waals surface area (Å²) in [4.78, 5) is 26.6. The lowest BCUT2D eigenvalue weighted by atomic mass is 10.1. The number of aryl methyl sites for hydroxylation is 1. The molecule has 0 aliphatic heterocycles. The number of carbonyl (C=O) groups is 1. The first kappa shape index (κ1) is 20.2. The van der Waals surface area contributed by atoms with E-state index in [0.717, 1.165) is 20.0 Å². The average molecular weight is 430 g/mol. The van der Waals surface area contributed by atoms with Gasteiger partial charge in [-0.25, -0.2) is 18.6 Å². The molecule has 0 aliphatic carbocycles. The molecule has 0 spiro atoms. The smallest absolute Gasteiger partial charge is 0.340 e. The Bertz CT molecular complexity index is 824. The highest BCUT2D eigenvalue weighted by Gasteiger charge is 2.22. The fraction of sp³-hybridized carbons (Fsp3) is 0.412. The van der Waals surface area contributed by atoms with E-state index in [4.69, 9.17) is 0 Å². The number of methoxy groups -OCH3 is 1. The van der Waals surface area contributed by atoms with Gasteiger partial charge in [-0.3, -0.25) is 0 Å². The predicted octanol–water partition coefficient (Wildman–Crippen LogP) is 4.37. The third-order valence-electron chi connectivity index (χ3n) is 3.97. The van der Waals surface area contributed by atoms with Gasteiger partial charge in [0.05, 0.1) is 24.9 Å². The minimum atomic E-state index is -1.27. The van der Waals surface area contributed by atoms with Crippen LogP contribution in [0.2, 0.25) is 0 Å². The van der Waals surface area contributed by atoms with E-state index in [-0.39, 0.29) is 18.7 Å². The zero-order valence-electron chi connectivity index (χ0n) is 14.4. The van der Waals surface area contributed by atoms with Crippen LogP contribution in [0.25, 0.3) is 0 Å². The molecule has 140 valence electrons. The van der Waals surface area contributed by atoms with E-state index < -0.39 is 23.2 Å². The van der Waals surface area contributed by atoms with Crippen molar-refractivity contribution in [1.82, 2.24) is 9.55 Å². The maximum Gasteiger partial charge on any atom is 0.340 e. The van der Waals surface area contributed by atoms with Crippen molar-refractivity contribution < 1.29 is 18.3 Å². The van der Waals surface area contributed by atoms with Gasteiger partial charge in [-0.15, -0.1) is 0 Å². The summed E-state index contributed by atoms with van der Waals surface area (Å²) in [6.07, 6.45) is 2.41. The van der Waals surface area contributed by atoms with Crippen molar-refractivity contribution >= 4 is 21.9 Å². The van der Waals surface area contributed by atoms with E-state index >= 15 is 0 Å². The number of aromatic nitrogens is 2. The van der Waals surface area contributed by atoms with E-state index in [1.165, 1.54) is 12.1 Å². The zero-order chi connectivity index (χ0) is 19.3. The molecule has 0 saturated heterocycles. The summed E-state index contributed by atoms with van der Waals surface area (Å²) in [5.74, 6) is -2.70. The summed E-state index contributed by atoms with van der Waals surface area (Å²) in [6.45, 7) is 1.84. The Morgan fingerprint density at radius 1 is 1.35 bits per heavy atom. The molecule has 2 rings (SSSR count). The van der Waals surface area contributed by atoms with E-state index in [2.05, 4.69) is 30.8 Å². The number of hydrogen-bond acceptors (Lipinski definition) is 5. The van der Waals surface area contributed by atoms with Crippen molar-refractivity contribution in [3.8, 4) is 0 Å². The number of unbranched alkanes of at least 4 members (excludes halogenated alkanes) is 1. The molecular formula is C17H18BrF2N3O3. The number of nitrogens with zero attached hydrogens (tertiary/aromatic N) is 3. The first-order chi connectivity index (χ1) is 12.4. The van der Waals surface area contributed by atoms with Crippen LogP contribution in [0, 0.1) is 16.5 Å². The minimum Gasteiger partial charge on any atom is -0.465 e. The fourth-order valence-corrected chi connectivity index (χ4v) is 3.12. The van der Waals surface area contributed by atoms with E-state index in [1.807, 2.05) is 6.92 Å². The Balaban J connectivity index is 2.45. The van der Waals surface area contributed by atoms with Gasteiger partial charge < -0.3 is 9.30 Å². The van der Waals surface area contributed by atoms with Crippen molar-refractivity contribution in [2.45, 2.75) is 39.3 Å². The highest BCUT2D eigenvalue weighted by atomic mass is 79.9. The molecule has 0 atom stereocenters. The molecule has 0 radical (unpaired) electrons. The van der Waals surface area contributed by atoms with Crippen molar-refractivity contribution in [3.05, 3.63) is 55.9 Å². The molecule has 0 fully saturated rings. The van der Waals surface area contributed by atoms with Gasteiger partial charge in [-0.05, 0) is 28.4 Å². The molecule has 0 bridgehead atoms. The Morgan fingerprint density at radius 2 is 2.08 bits per heavy atom. The van der Waals surface area contributed by atoms with Gasteiger partial charge in [-0.1, -0.05) is 24.6 Å². The summed E-state index contributed by atoms with van der Waals surface area (Å²) >= 11 is 3.29. The number of esters is 1. The second kappa shape index (κ2) is 8.98. The molecule has 0 aliphatic rings.